The normalized spacial score (nSPS) is 11.8. The maximum atomic E-state index is 9.60. The number of aromatic hydroxyl groups is 1. The smallest absolute Gasteiger partial charge is 0.175 e. The van der Waals surface area contributed by atoms with E-state index in [1.807, 2.05) is 20.8 Å². The molecule has 0 bridgehead atoms. The van der Waals surface area contributed by atoms with E-state index in [-0.39, 0.29) is 16.3 Å². The first-order valence-corrected chi connectivity index (χ1v) is 4.43. The number of hydrogen-bond donors (Lipinski definition) is 1. The molecule has 0 aliphatic carbocycles. The van der Waals surface area contributed by atoms with Gasteiger partial charge in [-0.2, -0.15) is 0 Å². The summed E-state index contributed by atoms with van der Waals surface area (Å²) in [5, 5.41) is 9.72. The molecule has 0 unspecified atom stereocenters. The molecule has 1 heterocycles. The summed E-state index contributed by atoms with van der Waals surface area (Å²) in [6, 6.07) is 0. The van der Waals surface area contributed by atoms with Crippen LogP contribution in [0.25, 0.3) is 0 Å². The summed E-state index contributed by atoms with van der Waals surface area (Å²) in [4.78, 5) is 8.01. The van der Waals surface area contributed by atoms with Gasteiger partial charge in [0.1, 0.15) is 5.82 Å². The lowest BCUT2D eigenvalue weighted by molar-refractivity contribution is 0.433. The van der Waals surface area contributed by atoms with Crippen LogP contribution < -0.4 is 0 Å². The van der Waals surface area contributed by atoms with Crippen molar-refractivity contribution in [2.75, 3.05) is 0 Å². The van der Waals surface area contributed by atoms with Crippen LogP contribution in [0.3, 0.4) is 0 Å². The SMILES string of the molecule is Cc1nc(Cl)c(O)c(C(C)(C)C)n1. The van der Waals surface area contributed by atoms with Crippen LogP contribution in [0, 0.1) is 6.92 Å². The molecule has 4 heteroatoms. The molecule has 1 N–H and O–H groups in total. The number of rotatable bonds is 0. The van der Waals surface area contributed by atoms with Gasteiger partial charge in [-0.15, -0.1) is 0 Å². The summed E-state index contributed by atoms with van der Waals surface area (Å²) < 4.78 is 0. The Hall–Kier alpha value is -0.830. The molecule has 72 valence electrons. The molecule has 1 rings (SSSR count). The quantitative estimate of drug-likeness (QED) is 0.655. The van der Waals surface area contributed by atoms with Gasteiger partial charge in [0, 0.05) is 5.41 Å². The predicted octanol–water partition coefficient (Wildman–Crippen LogP) is 2.44. The van der Waals surface area contributed by atoms with Crippen LogP contribution in [0.15, 0.2) is 0 Å². The van der Waals surface area contributed by atoms with Gasteiger partial charge < -0.3 is 5.11 Å². The third-order valence-corrected chi connectivity index (χ3v) is 1.93. The minimum absolute atomic E-state index is 0.0141. The van der Waals surface area contributed by atoms with Gasteiger partial charge in [0.25, 0.3) is 0 Å². The van der Waals surface area contributed by atoms with Gasteiger partial charge in [-0.05, 0) is 6.92 Å². The van der Waals surface area contributed by atoms with Gasteiger partial charge in [-0.3, -0.25) is 0 Å². The van der Waals surface area contributed by atoms with E-state index in [9.17, 15) is 5.11 Å². The van der Waals surface area contributed by atoms with Crippen molar-refractivity contribution in [3.05, 3.63) is 16.7 Å². The van der Waals surface area contributed by atoms with Crippen molar-refractivity contribution in [3.63, 3.8) is 0 Å². The average molecular weight is 201 g/mol. The maximum absolute atomic E-state index is 9.60. The van der Waals surface area contributed by atoms with Gasteiger partial charge in [0.15, 0.2) is 10.9 Å². The van der Waals surface area contributed by atoms with Crippen molar-refractivity contribution in [2.45, 2.75) is 33.1 Å². The third kappa shape index (κ3) is 2.10. The lowest BCUT2D eigenvalue weighted by atomic mass is 9.91. The number of aromatic nitrogens is 2. The molecule has 13 heavy (non-hydrogen) atoms. The monoisotopic (exact) mass is 200 g/mol. The van der Waals surface area contributed by atoms with Crippen molar-refractivity contribution in [2.24, 2.45) is 0 Å². The average Bonchev–Trinajstić information content (AvgIpc) is 1.94. The lowest BCUT2D eigenvalue weighted by Gasteiger charge is -2.19. The van der Waals surface area contributed by atoms with Crippen LogP contribution in [0.2, 0.25) is 5.15 Å². The Morgan fingerprint density at radius 3 is 2.23 bits per heavy atom. The summed E-state index contributed by atoms with van der Waals surface area (Å²) in [5.74, 6) is 0.562. The molecule has 0 aliphatic rings. The highest BCUT2D eigenvalue weighted by molar-refractivity contribution is 6.30. The van der Waals surface area contributed by atoms with Gasteiger partial charge in [0.05, 0.1) is 5.69 Å². The fourth-order valence-electron chi connectivity index (χ4n) is 1.06. The van der Waals surface area contributed by atoms with Crippen LogP contribution in [0.1, 0.15) is 32.3 Å². The molecule has 0 amide bonds. The van der Waals surface area contributed by atoms with E-state index in [0.717, 1.165) is 0 Å². The standard InChI is InChI=1S/C9H13ClN2O/c1-5-11-7(9(2,3)4)6(13)8(10)12-5/h13H,1-4H3. The molecule has 1 aromatic rings. The number of aryl methyl sites for hydroxylation is 1. The summed E-state index contributed by atoms with van der Waals surface area (Å²) in [5.41, 5.74) is 0.367. The van der Waals surface area contributed by atoms with E-state index in [1.165, 1.54) is 0 Å². The minimum Gasteiger partial charge on any atom is -0.503 e. The van der Waals surface area contributed by atoms with E-state index >= 15 is 0 Å². The molecule has 3 nitrogen and oxygen atoms in total. The lowest BCUT2D eigenvalue weighted by Crippen LogP contribution is -2.15. The molecular formula is C9H13ClN2O. The Balaban J connectivity index is 3.37. The number of halogens is 1. The van der Waals surface area contributed by atoms with E-state index < -0.39 is 0 Å². The summed E-state index contributed by atoms with van der Waals surface area (Å²) >= 11 is 5.72. The van der Waals surface area contributed by atoms with Gasteiger partial charge in [-0.25, -0.2) is 9.97 Å². The summed E-state index contributed by atoms with van der Waals surface area (Å²) in [6.45, 7) is 7.64. The zero-order valence-corrected chi connectivity index (χ0v) is 8.98. The van der Waals surface area contributed by atoms with Crippen molar-refractivity contribution < 1.29 is 5.11 Å². The second kappa shape index (κ2) is 3.14. The number of nitrogens with zero attached hydrogens (tertiary/aromatic N) is 2. The van der Waals surface area contributed by atoms with Gasteiger partial charge >= 0.3 is 0 Å². The van der Waals surface area contributed by atoms with E-state index in [4.69, 9.17) is 11.6 Å². The molecule has 0 saturated heterocycles. The van der Waals surface area contributed by atoms with Crippen molar-refractivity contribution in [1.82, 2.24) is 9.97 Å². The molecule has 0 aromatic carbocycles. The molecule has 0 spiro atoms. The van der Waals surface area contributed by atoms with Crippen molar-refractivity contribution in [1.29, 1.82) is 0 Å². The molecule has 0 aliphatic heterocycles. The van der Waals surface area contributed by atoms with Gasteiger partial charge in [-0.1, -0.05) is 32.4 Å². The van der Waals surface area contributed by atoms with Gasteiger partial charge in [0.2, 0.25) is 0 Å². The molecule has 0 radical (unpaired) electrons. The Bertz CT molecular complexity index is 331. The minimum atomic E-state index is -0.221. The third-order valence-electron chi connectivity index (χ3n) is 1.66. The topological polar surface area (TPSA) is 46.0 Å². The molecule has 0 fully saturated rings. The first-order chi connectivity index (χ1) is 5.82. The largest absolute Gasteiger partial charge is 0.503 e. The fourth-order valence-corrected chi connectivity index (χ4v) is 1.27. The maximum Gasteiger partial charge on any atom is 0.175 e. The van der Waals surface area contributed by atoms with E-state index in [2.05, 4.69) is 9.97 Å². The number of hydrogen-bond acceptors (Lipinski definition) is 3. The fraction of sp³-hybridized carbons (Fsp3) is 0.556. The first kappa shape index (κ1) is 10.3. The zero-order valence-electron chi connectivity index (χ0n) is 8.22. The molecule has 1 aromatic heterocycles. The van der Waals surface area contributed by atoms with Crippen molar-refractivity contribution >= 4 is 11.6 Å². The summed E-state index contributed by atoms with van der Waals surface area (Å²) in [7, 11) is 0. The first-order valence-electron chi connectivity index (χ1n) is 4.06. The molecule has 0 atom stereocenters. The highest BCUT2D eigenvalue weighted by Gasteiger charge is 2.22. The van der Waals surface area contributed by atoms with Crippen LogP contribution in [0.5, 0.6) is 5.75 Å². The summed E-state index contributed by atoms with van der Waals surface area (Å²) in [6.07, 6.45) is 0. The highest BCUT2D eigenvalue weighted by atomic mass is 35.5. The second-order valence-corrected chi connectivity index (χ2v) is 4.37. The molecular weight excluding hydrogens is 188 g/mol. The Morgan fingerprint density at radius 2 is 1.77 bits per heavy atom. The predicted molar refractivity (Wildman–Crippen MR) is 52.1 cm³/mol. The Labute approximate surface area is 82.8 Å². The van der Waals surface area contributed by atoms with Crippen LogP contribution in [-0.2, 0) is 5.41 Å². The van der Waals surface area contributed by atoms with Crippen LogP contribution in [-0.4, -0.2) is 15.1 Å². The van der Waals surface area contributed by atoms with Crippen LogP contribution in [0.4, 0.5) is 0 Å². The highest BCUT2D eigenvalue weighted by Crippen LogP contribution is 2.32. The van der Waals surface area contributed by atoms with E-state index in [1.54, 1.807) is 6.92 Å². The van der Waals surface area contributed by atoms with Crippen LogP contribution >= 0.6 is 11.6 Å². The Morgan fingerprint density at radius 1 is 1.23 bits per heavy atom. The Kier molecular flexibility index (Phi) is 2.48. The zero-order chi connectivity index (χ0) is 10.2. The van der Waals surface area contributed by atoms with Crippen molar-refractivity contribution in [3.8, 4) is 5.75 Å². The molecule has 0 saturated carbocycles. The second-order valence-electron chi connectivity index (χ2n) is 4.01. The van der Waals surface area contributed by atoms with E-state index in [0.29, 0.717) is 11.5 Å².